The molecule has 1 atom stereocenters. The van der Waals surface area contributed by atoms with Gasteiger partial charge in [-0.05, 0) is 25.0 Å². The standard InChI is InChI=1S/C16H22N4O2/c1-2-14(21-11-1)12-20-9-5-16(6-10-20)18-15(19-22-16)13-3-7-17-8-4-13/h3-4,7-8,14H,1-2,5-6,9-12H2,(H,18,19). The molecule has 0 amide bonds. The first kappa shape index (κ1) is 14.1. The number of piperidine rings is 1. The van der Waals surface area contributed by atoms with Crippen LogP contribution in [-0.4, -0.2) is 53.8 Å². The van der Waals surface area contributed by atoms with Crippen molar-refractivity contribution < 1.29 is 9.57 Å². The Balaban J connectivity index is 1.37. The van der Waals surface area contributed by atoms with Gasteiger partial charge in [0.25, 0.3) is 0 Å². The molecular formula is C16H22N4O2. The van der Waals surface area contributed by atoms with E-state index in [0.717, 1.165) is 50.5 Å². The zero-order chi connectivity index (χ0) is 14.8. The lowest BCUT2D eigenvalue weighted by molar-refractivity contribution is -0.0926. The zero-order valence-electron chi connectivity index (χ0n) is 12.7. The minimum atomic E-state index is -0.397. The summed E-state index contributed by atoms with van der Waals surface area (Å²) in [7, 11) is 0. The summed E-state index contributed by atoms with van der Waals surface area (Å²) in [5.74, 6) is 0.815. The van der Waals surface area contributed by atoms with Crippen LogP contribution in [0.2, 0.25) is 0 Å². The number of hydroxylamine groups is 1. The number of pyridine rings is 1. The predicted octanol–water partition coefficient (Wildman–Crippen LogP) is 1.33. The van der Waals surface area contributed by atoms with Crippen molar-refractivity contribution in [3.8, 4) is 0 Å². The van der Waals surface area contributed by atoms with E-state index in [-0.39, 0.29) is 0 Å². The van der Waals surface area contributed by atoms with Gasteiger partial charge in [-0.25, -0.2) is 15.3 Å². The SMILES string of the molecule is c1cc(C2=NC3(CCN(CC4CCCO4)CC3)ON2)ccn1. The lowest BCUT2D eigenvalue weighted by Gasteiger charge is -2.36. The van der Waals surface area contributed by atoms with Gasteiger partial charge in [-0.3, -0.25) is 4.98 Å². The topological polar surface area (TPSA) is 59.0 Å². The molecule has 0 bridgehead atoms. The highest BCUT2D eigenvalue weighted by molar-refractivity contribution is 5.98. The normalized spacial score (nSPS) is 27.8. The number of nitrogens with one attached hydrogen (secondary N) is 1. The molecule has 22 heavy (non-hydrogen) atoms. The molecule has 6 heteroatoms. The van der Waals surface area contributed by atoms with Gasteiger partial charge in [0.2, 0.25) is 0 Å². The number of likely N-dealkylation sites (tertiary alicyclic amines) is 1. The van der Waals surface area contributed by atoms with E-state index in [1.165, 1.54) is 12.8 Å². The number of rotatable bonds is 3. The van der Waals surface area contributed by atoms with Crippen molar-refractivity contribution in [2.24, 2.45) is 4.99 Å². The van der Waals surface area contributed by atoms with Gasteiger partial charge in [0.05, 0.1) is 6.10 Å². The van der Waals surface area contributed by atoms with Crippen LogP contribution < -0.4 is 5.48 Å². The second kappa shape index (κ2) is 5.95. The summed E-state index contributed by atoms with van der Waals surface area (Å²) in [4.78, 5) is 17.2. The number of ether oxygens (including phenoxy) is 1. The molecule has 1 N–H and O–H groups in total. The Bertz CT molecular complexity index is 534. The quantitative estimate of drug-likeness (QED) is 0.913. The van der Waals surface area contributed by atoms with Gasteiger partial charge in [0.15, 0.2) is 11.6 Å². The molecule has 3 aliphatic rings. The van der Waals surface area contributed by atoms with Crippen molar-refractivity contribution in [3.63, 3.8) is 0 Å². The molecular weight excluding hydrogens is 280 g/mol. The highest BCUT2D eigenvalue weighted by Gasteiger charge is 2.40. The van der Waals surface area contributed by atoms with Crippen LogP contribution in [-0.2, 0) is 9.57 Å². The van der Waals surface area contributed by atoms with Gasteiger partial charge in [-0.15, -0.1) is 0 Å². The van der Waals surface area contributed by atoms with Gasteiger partial charge in [0, 0.05) is 57.0 Å². The smallest absolute Gasteiger partial charge is 0.190 e. The molecule has 118 valence electrons. The molecule has 1 spiro atoms. The van der Waals surface area contributed by atoms with Crippen molar-refractivity contribution >= 4 is 5.84 Å². The van der Waals surface area contributed by atoms with Crippen LogP contribution >= 0.6 is 0 Å². The van der Waals surface area contributed by atoms with E-state index >= 15 is 0 Å². The van der Waals surface area contributed by atoms with Crippen LogP contribution in [0.25, 0.3) is 0 Å². The first-order valence-electron chi connectivity index (χ1n) is 8.11. The maximum Gasteiger partial charge on any atom is 0.190 e. The first-order valence-corrected chi connectivity index (χ1v) is 8.11. The van der Waals surface area contributed by atoms with Crippen LogP contribution in [0.4, 0.5) is 0 Å². The molecule has 0 aromatic carbocycles. The Morgan fingerprint density at radius 3 is 2.82 bits per heavy atom. The van der Waals surface area contributed by atoms with E-state index in [2.05, 4.69) is 15.4 Å². The number of hydrogen-bond donors (Lipinski definition) is 1. The summed E-state index contributed by atoms with van der Waals surface area (Å²) in [5, 5.41) is 0. The Labute approximate surface area is 130 Å². The number of aliphatic imine (C=N–C) groups is 1. The lowest BCUT2D eigenvalue weighted by Crippen LogP contribution is -2.46. The number of hydrogen-bond acceptors (Lipinski definition) is 6. The largest absolute Gasteiger partial charge is 0.377 e. The fourth-order valence-electron chi connectivity index (χ4n) is 3.40. The molecule has 0 radical (unpaired) electrons. The molecule has 4 rings (SSSR count). The minimum Gasteiger partial charge on any atom is -0.377 e. The average molecular weight is 302 g/mol. The van der Waals surface area contributed by atoms with Crippen LogP contribution in [0.15, 0.2) is 29.5 Å². The van der Waals surface area contributed by atoms with Gasteiger partial charge in [-0.1, -0.05) is 0 Å². The fourth-order valence-corrected chi connectivity index (χ4v) is 3.40. The van der Waals surface area contributed by atoms with Gasteiger partial charge in [-0.2, -0.15) is 0 Å². The summed E-state index contributed by atoms with van der Waals surface area (Å²) in [6.07, 6.45) is 8.21. The molecule has 6 nitrogen and oxygen atoms in total. The molecule has 0 saturated carbocycles. The zero-order valence-corrected chi connectivity index (χ0v) is 12.7. The fraction of sp³-hybridized carbons (Fsp3) is 0.625. The van der Waals surface area contributed by atoms with Crippen molar-refractivity contribution in [2.45, 2.75) is 37.5 Å². The molecule has 3 aliphatic heterocycles. The maximum absolute atomic E-state index is 5.83. The second-order valence-corrected chi connectivity index (χ2v) is 6.28. The Kier molecular flexibility index (Phi) is 3.82. The van der Waals surface area contributed by atoms with Gasteiger partial charge < -0.3 is 9.64 Å². The third-order valence-electron chi connectivity index (χ3n) is 4.73. The summed E-state index contributed by atoms with van der Waals surface area (Å²) >= 11 is 0. The predicted molar refractivity (Wildman–Crippen MR) is 82.4 cm³/mol. The van der Waals surface area contributed by atoms with Crippen LogP contribution in [0.1, 0.15) is 31.2 Å². The van der Waals surface area contributed by atoms with E-state index in [9.17, 15) is 0 Å². The van der Waals surface area contributed by atoms with Crippen LogP contribution in [0.3, 0.4) is 0 Å². The van der Waals surface area contributed by atoms with E-state index < -0.39 is 5.72 Å². The van der Waals surface area contributed by atoms with Crippen molar-refractivity contribution in [1.29, 1.82) is 0 Å². The Morgan fingerprint density at radius 2 is 2.09 bits per heavy atom. The number of aromatic nitrogens is 1. The summed E-state index contributed by atoms with van der Waals surface area (Å²) < 4.78 is 5.73. The Hall–Kier alpha value is -1.50. The number of nitrogens with zero attached hydrogens (tertiary/aromatic N) is 3. The van der Waals surface area contributed by atoms with E-state index in [4.69, 9.17) is 14.6 Å². The lowest BCUT2D eigenvalue weighted by atomic mass is 10.0. The van der Waals surface area contributed by atoms with Crippen molar-refractivity contribution in [1.82, 2.24) is 15.4 Å². The third-order valence-corrected chi connectivity index (χ3v) is 4.73. The highest BCUT2D eigenvalue weighted by atomic mass is 16.7. The monoisotopic (exact) mass is 302 g/mol. The molecule has 0 aliphatic carbocycles. The first-order chi connectivity index (χ1) is 10.8. The molecule has 4 heterocycles. The second-order valence-electron chi connectivity index (χ2n) is 6.28. The van der Waals surface area contributed by atoms with E-state index in [1.807, 2.05) is 12.1 Å². The summed E-state index contributed by atoms with van der Waals surface area (Å²) in [5.41, 5.74) is 3.63. The van der Waals surface area contributed by atoms with E-state index in [0.29, 0.717) is 6.10 Å². The van der Waals surface area contributed by atoms with Crippen LogP contribution in [0, 0.1) is 0 Å². The summed E-state index contributed by atoms with van der Waals surface area (Å²) in [6.45, 7) is 3.99. The summed E-state index contributed by atoms with van der Waals surface area (Å²) in [6, 6.07) is 3.89. The molecule has 2 fully saturated rings. The molecule has 1 aromatic rings. The van der Waals surface area contributed by atoms with Gasteiger partial charge >= 0.3 is 0 Å². The molecule has 1 unspecified atom stereocenters. The van der Waals surface area contributed by atoms with Crippen molar-refractivity contribution in [3.05, 3.63) is 30.1 Å². The third kappa shape index (κ3) is 2.86. The van der Waals surface area contributed by atoms with Crippen molar-refractivity contribution in [2.75, 3.05) is 26.2 Å². The molecule has 2 saturated heterocycles. The Morgan fingerprint density at radius 1 is 1.27 bits per heavy atom. The van der Waals surface area contributed by atoms with Crippen LogP contribution in [0.5, 0.6) is 0 Å². The van der Waals surface area contributed by atoms with Gasteiger partial charge in [0.1, 0.15) is 0 Å². The number of amidine groups is 1. The average Bonchev–Trinajstić information content (AvgIpc) is 3.21. The van der Waals surface area contributed by atoms with E-state index in [1.54, 1.807) is 12.4 Å². The molecule has 1 aromatic heterocycles. The highest BCUT2D eigenvalue weighted by Crippen LogP contribution is 2.31. The minimum absolute atomic E-state index is 0.397. The maximum atomic E-state index is 5.83.